The zero-order valence-electron chi connectivity index (χ0n) is 18.7. The normalized spacial score (nSPS) is 19.8. The van der Waals surface area contributed by atoms with Gasteiger partial charge in [-0.2, -0.15) is 0 Å². The molecule has 0 radical (unpaired) electrons. The largest absolute Gasteiger partial charge is 0.307 e. The number of nitrogens with one attached hydrogen (secondary N) is 1. The maximum atomic E-state index is 12.3. The number of nitrogens with zero attached hydrogens (tertiary/aromatic N) is 1. The average molecular weight is 417 g/mol. The molecule has 0 spiro atoms. The molecule has 3 atom stereocenters. The van der Waals surface area contributed by atoms with E-state index in [2.05, 4.69) is 66.8 Å². The van der Waals surface area contributed by atoms with Crippen LogP contribution in [0.4, 0.5) is 0 Å². The van der Waals surface area contributed by atoms with E-state index in [-0.39, 0.29) is 5.91 Å². The molecule has 0 unspecified atom stereocenters. The fourth-order valence-electron chi connectivity index (χ4n) is 4.88. The van der Waals surface area contributed by atoms with Crippen molar-refractivity contribution in [3.05, 3.63) is 83.4 Å². The van der Waals surface area contributed by atoms with E-state index in [1.54, 1.807) is 7.05 Å². The van der Waals surface area contributed by atoms with Crippen molar-refractivity contribution >= 4 is 16.7 Å². The maximum absolute atomic E-state index is 12.3. The molecular weight excluding hydrogens is 384 g/mol. The van der Waals surface area contributed by atoms with Gasteiger partial charge in [0.2, 0.25) is 0 Å². The zero-order valence-corrected chi connectivity index (χ0v) is 18.7. The molecule has 4 heteroatoms. The van der Waals surface area contributed by atoms with E-state index in [1.807, 2.05) is 12.1 Å². The zero-order chi connectivity index (χ0) is 21.8. The minimum Gasteiger partial charge on any atom is -0.307 e. The first-order valence-electron chi connectivity index (χ1n) is 11.2. The molecule has 4 rings (SSSR count). The summed E-state index contributed by atoms with van der Waals surface area (Å²) in [6.45, 7) is 2.28. The molecule has 0 bridgehead atoms. The third-order valence-corrected chi connectivity index (χ3v) is 6.64. The van der Waals surface area contributed by atoms with Crippen molar-refractivity contribution in [1.29, 1.82) is 0 Å². The molecule has 1 N–H and O–H groups in total. The Morgan fingerprint density at radius 2 is 1.77 bits per heavy atom. The Labute approximate surface area is 185 Å². The van der Waals surface area contributed by atoms with Crippen LogP contribution in [0.25, 0.3) is 10.8 Å². The van der Waals surface area contributed by atoms with Crippen molar-refractivity contribution < 1.29 is 9.63 Å². The van der Waals surface area contributed by atoms with Gasteiger partial charge in [-0.25, -0.2) is 5.06 Å². The molecule has 4 nitrogen and oxygen atoms in total. The highest BCUT2D eigenvalue weighted by Gasteiger charge is 2.25. The van der Waals surface area contributed by atoms with E-state index >= 15 is 0 Å². The van der Waals surface area contributed by atoms with Gasteiger partial charge in [-0.3, -0.25) is 9.63 Å². The van der Waals surface area contributed by atoms with Crippen LogP contribution < -0.4 is 5.32 Å². The summed E-state index contributed by atoms with van der Waals surface area (Å²) >= 11 is 0. The lowest BCUT2D eigenvalue weighted by molar-refractivity contribution is -0.0757. The highest BCUT2D eigenvalue weighted by Crippen LogP contribution is 2.34. The van der Waals surface area contributed by atoms with Crippen molar-refractivity contribution in [2.75, 3.05) is 14.2 Å². The summed E-state index contributed by atoms with van der Waals surface area (Å²) < 4.78 is 0. The second-order valence-corrected chi connectivity index (χ2v) is 8.62. The Hall–Kier alpha value is -2.69. The topological polar surface area (TPSA) is 41.6 Å². The van der Waals surface area contributed by atoms with Crippen LogP contribution in [0.3, 0.4) is 0 Å². The summed E-state index contributed by atoms with van der Waals surface area (Å²) in [5.74, 6) is 0.399. The first-order chi connectivity index (χ1) is 15.1. The SMILES string of the molecule is CON(C)C(=O)c1ccc([C@H]2CCC[C@H](N[C@H](C)c3cccc4ccccc34)C2)cc1. The number of benzene rings is 3. The summed E-state index contributed by atoms with van der Waals surface area (Å²) in [6, 6.07) is 24.1. The van der Waals surface area contributed by atoms with Crippen molar-refractivity contribution in [2.24, 2.45) is 0 Å². The predicted octanol–water partition coefficient (Wildman–Crippen LogP) is 5.85. The monoisotopic (exact) mass is 416 g/mol. The molecule has 3 aromatic carbocycles. The van der Waals surface area contributed by atoms with E-state index in [0.29, 0.717) is 23.6 Å². The third-order valence-electron chi connectivity index (χ3n) is 6.64. The number of fused-ring (bicyclic) bond motifs is 1. The Bertz CT molecular complexity index is 1030. The van der Waals surface area contributed by atoms with Crippen LogP contribution in [0.1, 0.15) is 66.1 Å². The van der Waals surface area contributed by atoms with Gasteiger partial charge in [0, 0.05) is 24.7 Å². The van der Waals surface area contributed by atoms with Gasteiger partial charge < -0.3 is 5.32 Å². The second-order valence-electron chi connectivity index (χ2n) is 8.62. The quantitative estimate of drug-likeness (QED) is 0.513. The van der Waals surface area contributed by atoms with E-state index in [1.165, 1.54) is 53.3 Å². The molecule has 162 valence electrons. The predicted molar refractivity (Wildman–Crippen MR) is 126 cm³/mol. The standard InChI is InChI=1S/C27H32N2O2/c1-19(25-13-7-9-21-8-4-5-12-26(21)25)28-24-11-6-10-23(18-24)20-14-16-22(17-15-20)27(30)29(2)31-3/h4-5,7-9,12-17,19,23-24,28H,6,10-11,18H2,1-3H3/t19-,23+,24+/m1/s1. The van der Waals surface area contributed by atoms with Crippen molar-refractivity contribution in [2.45, 2.75) is 50.6 Å². The van der Waals surface area contributed by atoms with Gasteiger partial charge in [0.1, 0.15) is 0 Å². The molecule has 1 aliphatic carbocycles. The Morgan fingerprint density at radius 3 is 2.55 bits per heavy atom. The lowest BCUT2D eigenvalue weighted by Gasteiger charge is -2.32. The van der Waals surface area contributed by atoms with Crippen LogP contribution in [0, 0.1) is 0 Å². The number of rotatable bonds is 6. The first-order valence-corrected chi connectivity index (χ1v) is 11.2. The number of amides is 1. The molecule has 31 heavy (non-hydrogen) atoms. The molecule has 1 amide bonds. The number of hydrogen-bond donors (Lipinski definition) is 1. The molecule has 0 saturated heterocycles. The lowest BCUT2D eigenvalue weighted by Crippen LogP contribution is -2.35. The van der Waals surface area contributed by atoms with Crippen LogP contribution in [0.2, 0.25) is 0 Å². The van der Waals surface area contributed by atoms with E-state index in [4.69, 9.17) is 4.84 Å². The molecule has 0 heterocycles. The Morgan fingerprint density at radius 1 is 1.03 bits per heavy atom. The van der Waals surface area contributed by atoms with Gasteiger partial charge in [0.15, 0.2) is 0 Å². The number of hydroxylamine groups is 2. The van der Waals surface area contributed by atoms with Gasteiger partial charge in [0.05, 0.1) is 7.11 Å². The molecular formula is C27H32N2O2. The molecule has 1 fully saturated rings. The van der Waals surface area contributed by atoms with Gasteiger partial charge >= 0.3 is 0 Å². The van der Waals surface area contributed by atoms with Crippen LogP contribution in [0.15, 0.2) is 66.7 Å². The number of carbonyl (C=O) groups excluding carboxylic acids is 1. The third kappa shape index (κ3) is 4.81. The van der Waals surface area contributed by atoms with Crippen molar-refractivity contribution in [3.63, 3.8) is 0 Å². The van der Waals surface area contributed by atoms with Gasteiger partial charge in [-0.1, -0.05) is 61.0 Å². The summed E-state index contributed by atoms with van der Waals surface area (Å²) in [5, 5.41) is 7.78. The van der Waals surface area contributed by atoms with Crippen LogP contribution in [0.5, 0.6) is 0 Å². The first kappa shape index (κ1) is 21.5. The summed E-state index contributed by atoms with van der Waals surface area (Å²) in [7, 11) is 3.13. The van der Waals surface area contributed by atoms with Crippen molar-refractivity contribution in [3.8, 4) is 0 Å². The fraction of sp³-hybridized carbons (Fsp3) is 0.370. The van der Waals surface area contributed by atoms with E-state index in [9.17, 15) is 4.79 Å². The maximum Gasteiger partial charge on any atom is 0.277 e. The van der Waals surface area contributed by atoms with Gasteiger partial charge in [-0.05, 0) is 66.1 Å². The summed E-state index contributed by atoms with van der Waals surface area (Å²) in [5.41, 5.74) is 3.34. The van der Waals surface area contributed by atoms with E-state index < -0.39 is 0 Å². The van der Waals surface area contributed by atoms with Crippen molar-refractivity contribution in [1.82, 2.24) is 10.4 Å². The lowest BCUT2D eigenvalue weighted by atomic mass is 9.80. The molecule has 3 aromatic rings. The van der Waals surface area contributed by atoms with Gasteiger partial charge in [0.25, 0.3) is 5.91 Å². The van der Waals surface area contributed by atoms with E-state index in [0.717, 1.165) is 6.42 Å². The Kier molecular flexibility index (Phi) is 6.69. The molecule has 1 saturated carbocycles. The summed E-state index contributed by atoms with van der Waals surface area (Å²) in [4.78, 5) is 17.3. The summed E-state index contributed by atoms with van der Waals surface area (Å²) in [6.07, 6.45) is 4.75. The minimum atomic E-state index is -0.124. The Balaban J connectivity index is 1.43. The molecule has 0 aromatic heterocycles. The molecule has 0 aliphatic heterocycles. The highest BCUT2D eigenvalue weighted by atomic mass is 16.7. The van der Waals surface area contributed by atoms with Crippen LogP contribution in [-0.4, -0.2) is 31.2 Å². The average Bonchev–Trinajstić information content (AvgIpc) is 2.83. The fourth-order valence-corrected chi connectivity index (χ4v) is 4.88. The number of hydrogen-bond acceptors (Lipinski definition) is 3. The smallest absolute Gasteiger partial charge is 0.277 e. The minimum absolute atomic E-state index is 0.124. The highest BCUT2D eigenvalue weighted by molar-refractivity contribution is 5.93. The van der Waals surface area contributed by atoms with Crippen LogP contribution >= 0.6 is 0 Å². The molecule has 1 aliphatic rings. The van der Waals surface area contributed by atoms with Gasteiger partial charge in [-0.15, -0.1) is 0 Å². The second kappa shape index (κ2) is 9.63. The van der Waals surface area contributed by atoms with Crippen LogP contribution in [-0.2, 0) is 4.84 Å². The number of carbonyl (C=O) groups is 1.